The number of carbonyl (C=O) groups is 1. The van der Waals surface area contributed by atoms with Crippen LogP contribution in [-0.4, -0.2) is 17.9 Å². The van der Waals surface area contributed by atoms with Crippen LogP contribution in [0.4, 0.5) is 0 Å². The molecule has 0 unspecified atom stereocenters. The highest BCUT2D eigenvalue weighted by atomic mass is 79.9. The smallest absolute Gasteiger partial charge is 0.227 e. The number of methoxy groups -OCH3 is 1. The highest BCUT2D eigenvalue weighted by molar-refractivity contribution is 9.10. The van der Waals surface area contributed by atoms with Crippen LogP contribution >= 0.6 is 15.9 Å². The topological polar surface area (TPSA) is 39.2 Å². The Morgan fingerprint density at radius 2 is 2.38 bits per heavy atom. The fraction of sp³-hybridized carbons (Fsp3) is 0.333. The van der Waals surface area contributed by atoms with E-state index in [0.717, 1.165) is 0 Å². The van der Waals surface area contributed by atoms with E-state index in [1.54, 1.807) is 6.07 Å². The average molecular weight is 244 g/mol. The second-order valence-corrected chi connectivity index (χ2v) is 3.35. The predicted octanol–water partition coefficient (Wildman–Crippen LogP) is 2.45. The maximum absolute atomic E-state index is 11.3. The normalized spacial score (nSPS) is 9.77. The van der Waals surface area contributed by atoms with Crippen molar-refractivity contribution >= 4 is 21.7 Å². The second-order valence-electron chi connectivity index (χ2n) is 2.49. The molecule has 3 nitrogen and oxygen atoms in total. The van der Waals surface area contributed by atoms with Crippen LogP contribution in [0.2, 0.25) is 0 Å². The number of hydrogen-bond acceptors (Lipinski definition) is 3. The van der Waals surface area contributed by atoms with Gasteiger partial charge in [0.15, 0.2) is 5.78 Å². The number of hydrogen-bond donors (Lipinski definition) is 0. The van der Waals surface area contributed by atoms with E-state index in [1.807, 2.05) is 6.92 Å². The summed E-state index contributed by atoms with van der Waals surface area (Å²) >= 11 is 3.27. The molecule has 0 aliphatic rings. The molecule has 0 fully saturated rings. The van der Waals surface area contributed by atoms with Crippen LogP contribution in [0.3, 0.4) is 0 Å². The van der Waals surface area contributed by atoms with Crippen LogP contribution in [0.25, 0.3) is 0 Å². The van der Waals surface area contributed by atoms with Gasteiger partial charge in [0.05, 0.1) is 11.6 Å². The molecule has 0 aliphatic carbocycles. The molecule has 4 heteroatoms. The van der Waals surface area contributed by atoms with E-state index in [1.165, 1.54) is 13.3 Å². The van der Waals surface area contributed by atoms with E-state index in [9.17, 15) is 4.79 Å². The molecule has 0 amide bonds. The number of carbonyl (C=O) groups excluding carboxylic acids is 1. The van der Waals surface area contributed by atoms with Crippen molar-refractivity contribution in [3.05, 3.63) is 22.3 Å². The van der Waals surface area contributed by atoms with Crippen molar-refractivity contribution in [3.8, 4) is 5.88 Å². The van der Waals surface area contributed by atoms with Gasteiger partial charge in [-0.1, -0.05) is 6.92 Å². The molecule has 70 valence electrons. The number of rotatable bonds is 3. The Hall–Kier alpha value is -0.900. The molecule has 13 heavy (non-hydrogen) atoms. The van der Waals surface area contributed by atoms with Crippen molar-refractivity contribution in [1.82, 2.24) is 4.98 Å². The van der Waals surface area contributed by atoms with Gasteiger partial charge < -0.3 is 4.74 Å². The fourth-order valence-corrected chi connectivity index (χ4v) is 1.44. The summed E-state index contributed by atoms with van der Waals surface area (Å²) in [6, 6.07) is 1.72. The van der Waals surface area contributed by atoms with Crippen LogP contribution in [0.1, 0.15) is 23.7 Å². The first-order chi connectivity index (χ1) is 6.19. The Morgan fingerprint density at radius 1 is 1.69 bits per heavy atom. The van der Waals surface area contributed by atoms with Crippen molar-refractivity contribution < 1.29 is 9.53 Å². The molecule has 1 aromatic rings. The molecular weight excluding hydrogens is 234 g/mol. The first kappa shape index (κ1) is 10.2. The van der Waals surface area contributed by atoms with Crippen LogP contribution in [-0.2, 0) is 0 Å². The quantitative estimate of drug-likeness (QED) is 0.766. The summed E-state index contributed by atoms with van der Waals surface area (Å²) in [6.45, 7) is 1.82. The van der Waals surface area contributed by atoms with E-state index in [-0.39, 0.29) is 5.78 Å². The zero-order chi connectivity index (χ0) is 9.84. The van der Waals surface area contributed by atoms with Gasteiger partial charge in [0, 0.05) is 18.2 Å². The van der Waals surface area contributed by atoms with Crippen molar-refractivity contribution in [3.63, 3.8) is 0 Å². The van der Waals surface area contributed by atoms with Gasteiger partial charge in [-0.25, -0.2) is 4.98 Å². The summed E-state index contributed by atoms with van der Waals surface area (Å²) in [4.78, 5) is 15.2. The zero-order valence-corrected chi connectivity index (χ0v) is 9.09. The summed E-state index contributed by atoms with van der Waals surface area (Å²) in [5.41, 5.74) is 0.607. The molecule has 0 radical (unpaired) electrons. The first-order valence-electron chi connectivity index (χ1n) is 3.91. The summed E-state index contributed by atoms with van der Waals surface area (Å²) in [6.07, 6.45) is 2.01. The summed E-state index contributed by atoms with van der Waals surface area (Å²) in [5.74, 6) is 0.573. The fourth-order valence-electron chi connectivity index (χ4n) is 0.932. The molecule has 1 aromatic heterocycles. The maximum Gasteiger partial charge on any atom is 0.227 e. The second kappa shape index (κ2) is 4.37. The van der Waals surface area contributed by atoms with Crippen LogP contribution in [0, 0.1) is 0 Å². The number of aromatic nitrogens is 1. The van der Waals surface area contributed by atoms with Gasteiger partial charge in [-0.05, 0) is 22.0 Å². The minimum Gasteiger partial charge on any atom is -0.480 e. The Kier molecular flexibility index (Phi) is 3.42. The van der Waals surface area contributed by atoms with Gasteiger partial charge in [-0.15, -0.1) is 0 Å². The number of halogens is 1. The molecule has 0 saturated heterocycles. The van der Waals surface area contributed by atoms with Crippen molar-refractivity contribution in [1.29, 1.82) is 0 Å². The third-order valence-electron chi connectivity index (χ3n) is 1.64. The summed E-state index contributed by atoms with van der Waals surface area (Å²) in [5, 5.41) is 0. The van der Waals surface area contributed by atoms with Crippen LogP contribution in [0.15, 0.2) is 16.7 Å². The molecule has 0 spiro atoms. The molecule has 0 bridgehead atoms. The molecular formula is C9H10BrNO2. The number of ketones is 1. The Balaban J connectivity index is 3.02. The van der Waals surface area contributed by atoms with E-state index >= 15 is 0 Å². The van der Waals surface area contributed by atoms with Gasteiger partial charge in [-0.3, -0.25) is 4.79 Å². The number of pyridine rings is 1. The minimum atomic E-state index is 0.0795. The van der Waals surface area contributed by atoms with Gasteiger partial charge in [-0.2, -0.15) is 0 Å². The van der Waals surface area contributed by atoms with E-state index in [4.69, 9.17) is 4.74 Å². The Bertz CT molecular complexity index is 325. The lowest BCUT2D eigenvalue weighted by molar-refractivity contribution is 0.0987. The Labute approximate surface area is 85.3 Å². The molecule has 0 N–H and O–H groups in total. The lowest BCUT2D eigenvalue weighted by atomic mass is 10.1. The molecule has 0 aliphatic heterocycles. The lowest BCUT2D eigenvalue weighted by Gasteiger charge is -2.03. The molecule has 0 saturated carbocycles. The molecule has 1 rings (SSSR count). The molecule has 1 heterocycles. The maximum atomic E-state index is 11.3. The van der Waals surface area contributed by atoms with Gasteiger partial charge >= 0.3 is 0 Å². The van der Waals surface area contributed by atoms with Crippen molar-refractivity contribution in [2.45, 2.75) is 13.3 Å². The largest absolute Gasteiger partial charge is 0.480 e. The van der Waals surface area contributed by atoms with Crippen molar-refractivity contribution in [2.75, 3.05) is 7.11 Å². The third kappa shape index (κ3) is 2.28. The van der Waals surface area contributed by atoms with E-state index in [0.29, 0.717) is 22.3 Å². The minimum absolute atomic E-state index is 0.0795. The van der Waals surface area contributed by atoms with Gasteiger partial charge in [0.1, 0.15) is 0 Å². The summed E-state index contributed by atoms with van der Waals surface area (Å²) < 4.78 is 5.65. The molecule has 0 aromatic carbocycles. The van der Waals surface area contributed by atoms with E-state index < -0.39 is 0 Å². The number of Topliss-reactive ketones (excluding diaryl/α,β-unsaturated/α-hetero) is 1. The highest BCUT2D eigenvalue weighted by Gasteiger charge is 2.07. The van der Waals surface area contributed by atoms with Crippen LogP contribution in [0.5, 0.6) is 5.88 Å². The first-order valence-corrected chi connectivity index (χ1v) is 4.71. The van der Waals surface area contributed by atoms with Gasteiger partial charge in [0.25, 0.3) is 0 Å². The zero-order valence-electron chi connectivity index (χ0n) is 7.50. The predicted molar refractivity (Wildman–Crippen MR) is 53.1 cm³/mol. The number of nitrogens with zero attached hydrogens (tertiary/aromatic N) is 1. The van der Waals surface area contributed by atoms with Crippen LogP contribution < -0.4 is 4.74 Å². The van der Waals surface area contributed by atoms with Crippen molar-refractivity contribution in [2.24, 2.45) is 0 Å². The number of ether oxygens (including phenoxy) is 1. The monoisotopic (exact) mass is 243 g/mol. The Morgan fingerprint density at radius 3 is 2.85 bits per heavy atom. The standard InChI is InChI=1S/C9H10BrNO2/c1-3-8(12)6-4-7(10)9(13-2)11-5-6/h4-5H,3H2,1-2H3. The van der Waals surface area contributed by atoms with E-state index in [2.05, 4.69) is 20.9 Å². The lowest BCUT2D eigenvalue weighted by Crippen LogP contribution is -1.98. The average Bonchev–Trinajstić information content (AvgIpc) is 2.16. The SMILES string of the molecule is CCC(=O)c1cnc(OC)c(Br)c1. The highest BCUT2D eigenvalue weighted by Crippen LogP contribution is 2.22. The third-order valence-corrected chi connectivity index (χ3v) is 2.21. The molecule has 0 atom stereocenters. The summed E-state index contributed by atoms with van der Waals surface area (Å²) in [7, 11) is 1.54. The van der Waals surface area contributed by atoms with Gasteiger partial charge in [0.2, 0.25) is 5.88 Å².